The molecule has 112 valence electrons. The van der Waals surface area contributed by atoms with Gasteiger partial charge in [0.25, 0.3) is 0 Å². The van der Waals surface area contributed by atoms with Gasteiger partial charge in [-0.05, 0) is 12.8 Å². The Morgan fingerprint density at radius 2 is 1.90 bits per heavy atom. The van der Waals surface area contributed by atoms with E-state index in [1.165, 1.54) is 4.90 Å². The Labute approximate surface area is 117 Å². The van der Waals surface area contributed by atoms with Crippen LogP contribution in [0.3, 0.4) is 0 Å². The average molecular weight is 284 g/mol. The number of likely N-dealkylation sites (tertiary alicyclic amines) is 1. The number of rotatable bonds is 3. The fraction of sp³-hybridized carbons (Fsp3) is 0.750. The molecule has 0 saturated carbocycles. The van der Waals surface area contributed by atoms with Crippen molar-refractivity contribution in [1.82, 2.24) is 20.4 Å². The second-order valence-electron chi connectivity index (χ2n) is 4.98. The van der Waals surface area contributed by atoms with Gasteiger partial charge in [0.05, 0.1) is 6.54 Å². The lowest BCUT2D eigenvalue weighted by Gasteiger charge is -2.28. The van der Waals surface area contributed by atoms with Crippen molar-refractivity contribution in [2.24, 2.45) is 0 Å². The van der Waals surface area contributed by atoms with Crippen LogP contribution in [0.25, 0.3) is 0 Å². The summed E-state index contributed by atoms with van der Waals surface area (Å²) < 4.78 is 0. The summed E-state index contributed by atoms with van der Waals surface area (Å²) in [6, 6.07) is -1.25. The van der Waals surface area contributed by atoms with Crippen LogP contribution in [0.5, 0.6) is 0 Å². The van der Waals surface area contributed by atoms with E-state index in [1.807, 2.05) is 0 Å². The summed E-state index contributed by atoms with van der Waals surface area (Å²) in [5, 5.41) is 14.7. The normalized spacial score (nSPS) is 22.7. The van der Waals surface area contributed by atoms with Gasteiger partial charge in [0, 0.05) is 32.7 Å². The van der Waals surface area contributed by atoms with Gasteiger partial charge in [0.1, 0.15) is 6.04 Å². The van der Waals surface area contributed by atoms with Gasteiger partial charge in [-0.15, -0.1) is 0 Å². The van der Waals surface area contributed by atoms with E-state index >= 15 is 0 Å². The van der Waals surface area contributed by atoms with Crippen LogP contribution in [-0.2, 0) is 9.59 Å². The summed E-state index contributed by atoms with van der Waals surface area (Å²) in [5.41, 5.74) is 0. The minimum atomic E-state index is -0.994. The third-order valence-electron chi connectivity index (χ3n) is 3.66. The summed E-state index contributed by atoms with van der Waals surface area (Å²) >= 11 is 0. The Morgan fingerprint density at radius 1 is 1.20 bits per heavy atom. The van der Waals surface area contributed by atoms with Crippen LogP contribution in [0.1, 0.15) is 12.8 Å². The Balaban J connectivity index is 1.79. The smallest absolute Gasteiger partial charge is 0.326 e. The molecule has 0 aromatic rings. The third kappa shape index (κ3) is 3.38. The third-order valence-corrected chi connectivity index (χ3v) is 3.66. The highest BCUT2D eigenvalue weighted by Gasteiger charge is 2.34. The Hall–Kier alpha value is -1.83. The first kappa shape index (κ1) is 14.6. The first-order valence-corrected chi connectivity index (χ1v) is 6.85. The zero-order chi connectivity index (χ0) is 14.5. The zero-order valence-corrected chi connectivity index (χ0v) is 11.3. The molecule has 3 N–H and O–H groups in total. The Kier molecular flexibility index (Phi) is 4.78. The fourth-order valence-corrected chi connectivity index (χ4v) is 2.55. The molecule has 2 aliphatic heterocycles. The Morgan fingerprint density at radius 3 is 2.55 bits per heavy atom. The van der Waals surface area contributed by atoms with Crippen LogP contribution in [0.4, 0.5) is 4.79 Å². The maximum atomic E-state index is 11.9. The molecule has 2 saturated heterocycles. The predicted molar refractivity (Wildman–Crippen MR) is 70.2 cm³/mol. The summed E-state index contributed by atoms with van der Waals surface area (Å²) in [5.74, 6) is -1.13. The molecule has 0 bridgehead atoms. The monoisotopic (exact) mass is 284 g/mol. The number of carboxylic acid groups (broad SMARTS) is 1. The number of amides is 3. The number of piperazine rings is 1. The molecule has 0 aliphatic carbocycles. The molecule has 2 heterocycles. The molecule has 0 aromatic heterocycles. The maximum absolute atomic E-state index is 11.9. The second kappa shape index (κ2) is 6.56. The molecule has 2 rings (SSSR count). The molecule has 3 amide bonds. The van der Waals surface area contributed by atoms with Gasteiger partial charge in [-0.25, -0.2) is 9.59 Å². The summed E-state index contributed by atoms with van der Waals surface area (Å²) in [6.07, 6.45) is 1.14. The lowest BCUT2D eigenvalue weighted by molar-refractivity contribution is -0.141. The SMILES string of the molecule is O=C(O)[C@@H]1CCCN1C(=O)NCC(=O)N1CCNCC1. The van der Waals surface area contributed by atoms with Crippen LogP contribution in [0.2, 0.25) is 0 Å². The highest BCUT2D eigenvalue weighted by Crippen LogP contribution is 2.17. The van der Waals surface area contributed by atoms with E-state index in [-0.39, 0.29) is 12.5 Å². The summed E-state index contributed by atoms with van der Waals surface area (Å²) in [4.78, 5) is 37.8. The van der Waals surface area contributed by atoms with Gasteiger partial charge < -0.3 is 25.5 Å². The van der Waals surface area contributed by atoms with Crippen molar-refractivity contribution in [3.8, 4) is 0 Å². The highest BCUT2D eigenvalue weighted by molar-refractivity contribution is 5.87. The van der Waals surface area contributed by atoms with E-state index in [4.69, 9.17) is 5.11 Å². The van der Waals surface area contributed by atoms with Crippen molar-refractivity contribution in [2.75, 3.05) is 39.3 Å². The predicted octanol–water partition coefficient (Wildman–Crippen LogP) is -1.32. The van der Waals surface area contributed by atoms with Crippen molar-refractivity contribution in [3.05, 3.63) is 0 Å². The van der Waals surface area contributed by atoms with E-state index in [9.17, 15) is 14.4 Å². The quantitative estimate of drug-likeness (QED) is 0.596. The van der Waals surface area contributed by atoms with Crippen molar-refractivity contribution < 1.29 is 19.5 Å². The van der Waals surface area contributed by atoms with E-state index in [1.54, 1.807) is 4.90 Å². The van der Waals surface area contributed by atoms with Crippen molar-refractivity contribution >= 4 is 17.9 Å². The highest BCUT2D eigenvalue weighted by atomic mass is 16.4. The lowest BCUT2D eigenvalue weighted by atomic mass is 10.2. The van der Waals surface area contributed by atoms with Crippen LogP contribution < -0.4 is 10.6 Å². The number of carboxylic acids is 1. The van der Waals surface area contributed by atoms with Gasteiger partial charge in [0.2, 0.25) is 5.91 Å². The first-order valence-electron chi connectivity index (χ1n) is 6.85. The van der Waals surface area contributed by atoms with Crippen molar-refractivity contribution in [2.45, 2.75) is 18.9 Å². The maximum Gasteiger partial charge on any atom is 0.326 e. The largest absolute Gasteiger partial charge is 0.480 e. The van der Waals surface area contributed by atoms with E-state index in [0.29, 0.717) is 32.5 Å². The van der Waals surface area contributed by atoms with Gasteiger partial charge in [-0.3, -0.25) is 4.79 Å². The van der Waals surface area contributed by atoms with Gasteiger partial charge in [-0.1, -0.05) is 0 Å². The number of carbonyl (C=O) groups excluding carboxylic acids is 2. The zero-order valence-electron chi connectivity index (χ0n) is 11.3. The number of nitrogens with one attached hydrogen (secondary N) is 2. The molecule has 0 aromatic carbocycles. The minimum absolute atomic E-state index is 0.0817. The number of carbonyl (C=O) groups is 3. The molecular weight excluding hydrogens is 264 g/mol. The molecule has 2 aliphatic rings. The van der Waals surface area contributed by atoms with E-state index in [0.717, 1.165) is 13.1 Å². The molecule has 0 radical (unpaired) electrons. The number of aliphatic carboxylic acids is 1. The van der Waals surface area contributed by atoms with Crippen molar-refractivity contribution in [3.63, 3.8) is 0 Å². The molecule has 8 nitrogen and oxygen atoms in total. The van der Waals surface area contributed by atoms with Crippen LogP contribution in [-0.4, -0.2) is 78.1 Å². The van der Waals surface area contributed by atoms with E-state index < -0.39 is 18.0 Å². The lowest BCUT2D eigenvalue weighted by Crippen LogP contribution is -2.52. The number of hydrogen-bond donors (Lipinski definition) is 3. The van der Waals surface area contributed by atoms with Gasteiger partial charge >= 0.3 is 12.0 Å². The Bertz CT molecular complexity index is 395. The molecule has 1 atom stereocenters. The molecule has 0 spiro atoms. The van der Waals surface area contributed by atoms with E-state index in [2.05, 4.69) is 10.6 Å². The molecule has 0 unspecified atom stereocenters. The standard InChI is InChI=1S/C12H20N4O4/c17-10(15-6-3-13-4-7-15)8-14-12(20)16-5-1-2-9(16)11(18)19/h9,13H,1-8H2,(H,14,20)(H,18,19)/t9-/m0/s1. The van der Waals surface area contributed by atoms with Gasteiger partial charge in [-0.2, -0.15) is 0 Å². The molecule has 8 heteroatoms. The minimum Gasteiger partial charge on any atom is -0.480 e. The van der Waals surface area contributed by atoms with Crippen LogP contribution in [0.15, 0.2) is 0 Å². The fourth-order valence-electron chi connectivity index (χ4n) is 2.55. The summed E-state index contributed by atoms with van der Waals surface area (Å²) in [7, 11) is 0. The second-order valence-corrected chi connectivity index (χ2v) is 4.98. The topological polar surface area (TPSA) is 102 Å². The van der Waals surface area contributed by atoms with Gasteiger partial charge in [0.15, 0.2) is 0 Å². The summed E-state index contributed by atoms with van der Waals surface area (Å²) in [6.45, 7) is 3.12. The first-order chi connectivity index (χ1) is 9.59. The number of hydrogen-bond acceptors (Lipinski definition) is 4. The molecule has 20 heavy (non-hydrogen) atoms. The molecule has 2 fully saturated rings. The number of urea groups is 1. The average Bonchev–Trinajstić information content (AvgIpc) is 2.95. The van der Waals surface area contributed by atoms with Crippen molar-refractivity contribution in [1.29, 1.82) is 0 Å². The van der Waals surface area contributed by atoms with Crippen LogP contribution in [0, 0.1) is 0 Å². The number of nitrogens with zero attached hydrogens (tertiary/aromatic N) is 2. The molecular formula is C12H20N4O4. The van der Waals surface area contributed by atoms with Crippen LogP contribution >= 0.6 is 0 Å².